The van der Waals surface area contributed by atoms with Gasteiger partial charge in [-0.15, -0.1) is 0 Å². The molecule has 1 aliphatic rings. The lowest BCUT2D eigenvalue weighted by Gasteiger charge is -2.24. The van der Waals surface area contributed by atoms with Gasteiger partial charge in [0.2, 0.25) is 0 Å². The predicted molar refractivity (Wildman–Crippen MR) is 53.9 cm³/mol. The molecular weight excluding hydrogens is 146 g/mol. The summed E-state index contributed by atoms with van der Waals surface area (Å²) in [4.78, 5) is 0. The molecule has 0 aromatic carbocycles. The number of nitrogens with one attached hydrogen (secondary N) is 1. The minimum absolute atomic E-state index is 0.685. The molecule has 70 valence electrons. The zero-order valence-corrected chi connectivity index (χ0v) is 8.72. The summed E-state index contributed by atoms with van der Waals surface area (Å²) >= 11 is 0. The summed E-state index contributed by atoms with van der Waals surface area (Å²) < 4.78 is 0. The summed E-state index contributed by atoms with van der Waals surface area (Å²) in [5, 5.41) is 3.48. The maximum Gasteiger partial charge on any atom is 0.0344 e. The Morgan fingerprint density at radius 3 is 2.67 bits per heavy atom. The molecule has 1 rings (SSSR count). The van der Waals surface area contributed by atoms with Gasteiger partial charge in [-0.1, -0.05) is 32.8 Å². The first-order valence-corrected chi connectivity index (χ1v) is 5.09. The zero-order chi connectivity index (χ0) is 9.14. The van der Waals surface area contributed by atoms with Gasteiger partial charge in [0.15, 0.2) is 0 Å². The molecule has 1 nitrogen and oxygen atoms in total. The molecule has 0 aromatic heterocycles. The lowest BCUT2D eigenvalue weighted by atomic mass is 9.85. The van der Waals surface area contributed by atoms with E-state index in [1.54, 1.807) is 0 Å². The van der Waals surface area contributed by atoms with Crippen LogP contribution in [0.1, 0.15) is 40.5 Å². The van der Waals surface area contributed by atoms with Crippen molar-refractivity contribution in [1.29, 1.82) is 0 Å². The Hall–Kier alpha value is -0.460. The van der Waals surface area contributed by atoms with Crippen LogP contribution in [0.3, 0.4) is 0 Å². The summed E-state index contributed by atoms with van der Waals surface area (Å²) in [6.07, 6.45) is 4.82. The van der Waals surface area contributed by atoms with Gasteiger partial charge in [0.05, 0.1) is 0 Å². The minimum atomic E-state index is 0.685. The predicted octanol–water partition coefficient (Wildman–Crippen LogP) is 2.93. The average Bonchev–Trinajstić information content (AvgIpc) is 2.34. The van der Waals surface area contributed by atoms with Crippen molar-refractivity contribution in [1.82, 2.24) is 5.32 Å². The van der Waals surface area contributed by atoms with E-state index < -0.39 is 0 Å². The van der Waals surface area contributed by atoms with Crippen molar-refractivity contribution in [2.45, 2.75) is 46.6 Å². The van der Waals surface area contributed by atoms with E-state index in [9.17, 15) is 0 Å². The van der Waals surface area contributed by atoms with Crippen molar-refractivity contribution >= 4 is 0 Å². The third-order valence-electron chi connectivity index (χ3n) is 2.84. The van der Waals surface area contributed by atoms with Crippen LogP contribution in [0, 0.1) is 11.8 Å². The number of hydrogen-bond acceptors (Lipinski definition) is 1. The minimum Gasteiger partial charge on any atom is -0.387 e. The van der Waals surface area contributed by atoms with E-state index in [0.717, 1.165) is 11.8 Å². The normalized spacial score (nSPS) is 28.9. The topological polar surface area (TPSA) is 12.0 Å². The van der Waals surface area contributed by atoms with Gasteiger partial charge >= 0.3 is 0 Å². The van der Waals surface area contributed by atoms with Crippen molar-refractivity contribution in [3.05, 3.63) is 11.8 Å². The van der Waals surface area contributed by atoms with Crippen LogP contribution >= 0.6 is 0 Å². The van der Waals surface area contributed by atoms with Crippen LogP contribution in [0.2, 0.25) is 0 Å². The quantitative estimate of drug-likeness (QED) is 0.681. The fraction of sp³-hybridized carbons (Fsp3) is 0.818. The fourth-order valence-corrected chi connectivity index (χ4v) is 2.11. The molecule has 0 saturated heterocycles. The largest absolute Gasteiger partial charge is 0.387 e. The van der Waals surface area contributed by atoms with Crippen molar-refractivity contribution < 1.29 is 0 Å². The molecule has 0 aliphatic carbocycles. The van der Waals surface area contributed by atoms with Crippen LogP contribution in [0.4, 0.5) is 0 Å². The van der Waals surface area contributed by atoms with Crippen LogP contribution in [0.5, 0.6) is 0 Å². The molecule has 1 heteroatoms. The summed E-state index contributed by atoms with van der Waals surface area (Å²) in [6.45, 7) is 9.11. The van der Waals surface area contributed by atoms with Crippen LogP contribution in [-0.4, -0.2) is 6.04 Å². The van der Waals surface area contributed by atoms with E-state index in [2.05, 4.69) is 39.2 Å². The first-order chi connectivity index (χ1) is 5.66. The Bertz CT molecular complexity index is 170. The van der Waals surface area contributed by atoms with Gasteiger partial charge in [-0.25, -0.2) is 0 Å². The number of rotatable bonds is 3. The molecule has 0 bridgehead atoms. The molecule has 0 saturated carbocycles. The van der Waals surface area contributed by atoms with Crippen molar-refractivity contribution in [2.75, 3.05) is 0 Å². The molecule has 0 amide bonds. The lowest BCUT2D eigenvalue weighted by molar-refractivity contribution is 0.350. The third kappa shape index (κ3) is 1.82. The van der Waals surface area contributed by atoms with Crippen LogP contribution in [0.15, 0.2) is 11.8 Å². The highest BCUT2D eigenvalue weighted by Crippen LogP contribution is 2.29. The molecule has 0 radical (unpaired) electrons. The van der Waals surface area contributed by atoms with E-state index in [0.29, 0.717) is 6.04 Å². The molecular formula is C11H21N. The molecule has 12 heavy (non-hydrogen) atoms. The summed E-state index contributed by atoms with van der Waals surface area (Å²) in [5.41, 5.74) is 1.54. The SMILES string of the molecule is CCC[C@H]1C(C)=CNC1C(C)C. The second-order valence-corrected chi connectivity index (χ2v) is 4.22. The van der Waals surface area contributed by atoms with Crippen molar-refractivity contribution in [2.24, 2.45) is 11.8 Å². The van der Waals surface area contributed by atoms with Gasteiger partial charge in [-0.05, 0) is 25.5 Å². The van der Waals surface area contributed by atoms with Gasteiger partial charge in [-0.2, -0.15) is 0 Å². The van der Waals surface area contributed by atoms with E-state index in [-0.39, 0.29) is 0 Å². The summed E-state index contributed by atoms with van der Waals surface area (Å²) in [6, 6.07) is 0.685. The second-order valence-electron chi connectivity index (χ2n) is 4.22. The van der Waals surface area contributed by atoms with Gasteiger partial charge in [0, 0.05) is 12.0 Å². The molecule has 0 aromatic rings. The Kier molecular flexibility index (Phi) is 3.19. The van der Waals surface area contributed by atoms with E-state index in [4.69, 9.17) is 0 Å². The van der Waals surface area contributed by atoms with E-state index >= 15 is 0 Å². The van der Waals surface area contributed by atoms with Crippen LogP contribution in [0.25, 0.3) is 0 Å². The fourth-order valence-electron chi connectivity index (χ4n) is 2.11. The molecule has 1 unspecified atom stereocenters. The van der Waals surface area contributed by atoms with Gasteiger partial charge in [-0.3, -0.25) is 0 Å². The third-order valence-corrected chi connectivity index (χ3v) is 2.84. The highest BCUT2D eigenvalue weighted by Gasteiger charge is 2.28. The van der Waals surface area contributed by atoms with Crippen molar-refractivity contribution in [3.8, 4) is 0 Å². The highest BCUT2D eigenvalue weighted by molar-refractivity contribution is 5.13. The molecule has 0 fully saturated rings. The standard InChI is InChI=1S/C11H21N/c1-5-6-10-9(4)7-12-11(10)8(2)3/h7-8,10-12H,5-6H2,1-4H3/t10-,11?/m0/s1. The first kappa shape index (κ1) is 9.63. The van der Waals surface area contributed by atoms with Gasteiger partial charge in [0.1, 0.15) is 0 Å². The Morgan fingerprint density at radius 2 is 2.17 bits per heavy atom. The molecule has 1 aliphatic heterocycles. The smallest absolute Gasteiger partial charge is 0.0344 e. The lowest BCUT2D eigenvalue weighted by Crippen LogP contribution is -2.32. The Labute approximate surface area is 76.2 Å². The first-order valence-electron chi connectivity index (χ1n) is 5.09. The zero-order valence-electron chi connectivity index (χ0n) is 8.72. The van der Waals surface area contributed by atoms with Crippen LogP contribution < -0.4 is 5.32 Å². The monoisotopic (exact) mass is 167 g/mol. The number of hydrogen-bond donors (Lipinski definition) is 1. The maximum absolute atomic E-state index is 3.48. The molecule has 0 spiro atoms. The van der Waals surface area contributed by atoms with E-state index in [1.165, 1.54) is 18.4 Å². The Morgan fingerprint density at radius 1 is 1.50 bits per heavy atom. The van der Waals surface area contributed by atoms with E-state index in [1.807, 2.05) is 0 Å². The van der Waals surface area contributed by atoms with Crippen LogP contribution in [-0.2, 0) is 0 Å². The molecule has 1 heterocycles. The summed E-state index contributed by atoms with van der Waals surface area (Å²) in [7, 11) is 0. The maximum atomic E-state index is 3.48. The average molecular weight is 167 g/mol. The van der Waals surface area contributed by atoms with Gasteiger partial charge in [0.25, 0.3) is 0 Å². The van der Waals surface area contributed by atoms with Gasteiger partial charge < -0.3 is 5.32 Å². The highest BCUT2D eigenvalue weighted by atomic mass is 14.9. The Balaban J connectivity index is 2.57. The van der Waals surface area contributed by atoms with Crippen molar-refractivity contribution in [3.63, 3.8) is 0 Å². The summed E-state index contributed by atoms with van der Waals surface area (Å²) in [5.74, 6) is 1.53. The molecule has 2 atom stereocenters. The molecule has 1 N–H and O–H groups in total. The second kappa shape index (κ2) is 3.97.